The monoisotopic (exact) mass is 394 g/mol. The minimum absolute atomic E-state index is 0.0823. The highest BCUT2D eigenvalue weighted by molar-refractivity contribution is 8.26. The summed E-state index contributed by atoms with van der Waals surface area (Å²) in [6.07, 6.45) is 1.60. The number of benzene rings is 1. The molecule has 1 amide bonds. The highest BCUT2D eigenvalue weighted by Gasteiger charge is 2.30. The van der Waals surface area contributed by atoms with Gasteiger partial charge in [0.15, 0.2) is 0 Å². The second kappa shape index (κ2) is 6.99. The van der Waals surface area contributed by atoms with Crippen LogP contribution in [0.1, 0.15) is 12.7 Å². The van der Waals surface area contributed by atoms with Crippen molar-refractivity contribution in [3.63, 3.8) is 0 Å². The minimum atomic E-state index is -0.500. The molecule has 2 heterocycles. The van der Waals surface area contributed by atoms with Crippen molar-refractivity contribution in [2.24, 2.45) is 0 Å². The van der Waals surface area contributed by atoms with Crippen LogP contribution in [0, 0.1) is 10.1 Å². The fourth-order valence-corrected chi connectivity index (χ4v) is 3.87. The summed E-state index contributed by atoms with van der Waals surface area (Å²) in [6.45, 7) is 2.36. The van der Waals surface area contributed by atoms with Gasteiger partial charge in [-0.1, -0.05) is 35.6 Å². The first-order valence-corrected chi connectivity index (χ1v) is 8.80. The molecule has 0 spiro atoms. The van der Waals surface area contributed by atoms with Gasteiger partial charge in [0.2, 0.25) is 0 Å². The number of nitro groups is 1. The standard InChI is InChI=1S/C16H11ClN2O4S2/c1-2-18-15(20)14(25-16(18)24)8-10-4-6-13(23-10)11-7-9(19(21)22)3-5-12(11)17/h3-8H,2H2,1H3. The minimum Gasteiger partial charge on any atom is -0.457 e. The van der Waals surface area contributed by atoms with E-state index in [1.807, 2.05) is 6.92 Å². The summed E-state index contributed by atoms with van der Waals surface area (Å²) < 4.78 is 6.20. The summed E-state index contributed by atoms with van der Waals surface area (Å²) in [5, 5.41) is 11.3. The lowest BCUT2D eigenvalue weighted by molar-refractivity contribution is -0.384. The van der Waals surface area contributed by atoms with Crippen LogP contribution in [-0.2, 0) is 4.79 Å². The van der Waals surface area contributed by atoms with Crippen LogP contribution < -0.4 is 0 Å². The number of carbonyl (C=O) groups is 1. The fourth-order valence-electron chi connectivity index (χ4n) is 2.29. The third kappa shape index (κ3) is 3.46. The third-order valence-electron chi connectivity index (χ3n) is 3.52. The van der Waals surface area contributed by atoms with Crippen molar-refractivity contribution in [1.82, 2.24) is 4.90 Å². The molecule has 3 rings (SSSR count). The summed E-state index contributed by atoms with van der Waals surface area (Å²) >= 11 is 12.5. The van der Waals surface area contributed by atoms with E-state index in [9.17, 15) is 14.9 Å². The number of furan rings is 1. The molecule has 0 radical (unpaired) electrons. The number of rotatable bonds is 4. The van der Waals surface area contributed by atoms with Gasteiger partial charge in [-0.2, -0.15) is 0 Å². The Kier molecular flexibility index (Phi) is 4.94. The number of carbonyl (C=O) groups excluding carboxylic acids is 1. The normalized spacial score (nSPS) is 16.1. The average Bonchev–Trinajstić information content (AvgIpc) is 3.13. The first-order chi connectivity index (χ1) is 11.9. The largest absolute Gasteiger partial charge is 0.457 e. The molecule has 25 heavy (non-hydrogen) atoms. The Hall–Kier alpha value is -2.16. The quantitative estimate of drug-likeness (QED) is 0.323. The summed E-state index contributed by atoms with van der Waals surface area (Å²) in [6, 6.07) is 7.44. The fraction of sp³-hybridized carbons (Fsp3) is 0.125. The van der Waals surface area contributed by atoms with Gasteiger partial charge < -0.3 is 4.42 Å². The van der Waals surface area contributed by atoms with Crippen molar-refractivity contribution in [3.05, 3.63) is 56.1 Å². The zero-order chi connectivity index (χ0) is 18.1. The third-order valence-corrected chi connectivity index (χ3v) is 5.22. The Balaban J connectivity index is 1.93. The Morgan fingerprint density at radius 2 is 2.16 bits per heavy atom. The number of amides is 1. The number of thiocarbonyl (C=S) groups is 1. The van der Waals surface area contributed by atoms with Crippen molar-refractivity contribution in [3.8, 4) is 11.3 Å². The molecule has 128 valence electrons. The van der Waals surface area contributed by atoms with Gasteiger partial charge in [0, 0.05) is 30.3 Å². The predicted molar refractivity (Wildman–Crippen MR) is 101 cm³/mol. The Morgan fingerprint density at radius 3 is 2.80 bits per heavy atom. The number of hydrogen-bond acceptors (Lipinski definition) is 6. The summed E-state index contributed by atoms with van der Waals surface area (Å²) in [4.78, 5) is 24.6. The molecule has 6 nitrogen and oxygen atoms in total. The molecule has 0 bridgehead atoms. The summed E-state index contributed by atoms with van der Waals surface area (Å²) in [5.41, 5.74) is 0.331. The maximum Gasteiger partial charge on any atom is 0.270 e. The zero-order valence-electron chi connectivity index (χ0n) is 12.9. The molecular weight excluding hydrogens is 384 g/mol. The molecule has 0 N–H and O–H groups in total. The maximum absolute atomic E-state index is 12.2. The lowest BCUT2D eigenvalue weighted by Crippen LogP contribution is -2.27. The summed E-state index contributed by atoms with van der Waals surface area (Å²) in [5.74, 6) is 0.656. The predicted octanol–water partition coefficient (Wildman–Crippen LogP) is 4.73. The first-order valence-electron chi connectivity index (χ1n) is 7.20. The van der Waals surface area contributed by atoms with Crippen molar-refractivity contribution >= 4 is 57.6 Å². The van der Waals surface area contributed by atoms with Gasteiger partial charge in [-0.05, 0) is 25.1 Å². The van der Waals surface area contributed by atoms with Gasteiger partial charge in [0.05, 0.1) is 14.9 Å². The van der Waals surface area contributed by atoms with Gasteiger partial charge in [0.1, 0.15) is 15.8 Å². The molecule has 1 saturated heterocycles. The van der Waals surface area contributed by atoms with E-state index in [0.29, 0.717) is 37.9 Å². The molecule has 1 aromatic heterocycles. The van der Waals surface area contributed by atoms with Gasteiger partial charge in [-0.3, -0.25) is 19.8 Å². The highest BCUT2D eigenvalue weighted by Crippen LogP contribution is 2.35. The van der Waals surface area contributed by atoms with E-state index in [1.54, 1.807) is 18.2 Å². The van der Waals surface area contributed by atoms with Crippen LogP contribution in [0.25, 0.3) is 17.4 Å². The van der Waals surface area contributed by atoms with Gasteiger partial charge >= 0.3 is 0 Å². The molecule has 9 heteroatoms. The van der Waals surface area contributed by atoms with E-state index in [0.717, 1.165) is 0 Å². The Bertz CT molecular complexity index is 923. The number of thioether (sulfide) groups is 1. The zero-order valence-corrected chi connectivity index (χ0v) is 15.3. The number of halogens is 1. The number of non-ortho nitro benzene ring substituents is 1. The average molecular weight is 395 g/mol. The second-order valence-electron chi connectivity index (χ2n) is 5.05. The number of nitro benzene ring substituents is 1. The molecule has 0 atom stereocenters. The lowest BCUT2D eigenvalue weighted by atomic mass is 10.1. The van der Waals surface area contributed by atoms with Crippen molar-refractivity contribution in [1.29, 1.82) is 0 Å². The van der Waals surface area contributed by atoms with Crippen molar-refractivity contribution in [2.75, 3.05) is 6.54 Å². The number of hydrogen-bond donors (Lipinski definition) is 0. The van der Waals surface area contributed by atoms with Crippen LogP contribution in [0.2, 0.25) is 5.02 Å². The van der Waals surface area contributed by atoms with Crippen LogP contribution in [0.3, 0.4) is 0 Å². The van der Waals surface area contributed by atoms with Crippen LogP contribution in [0.15, 0.2) is 39.7 Å². The smallest absolute Gasteiger partial charge is 0.270 e. The lowest BCUT2D eigenvalue weighted by Gasteiger charge is -2.09. The molecule has 0 saturated carbocycles. The van der Waals surface area contributed by atoms with Gasteiger partial charge in [-0.25, -0.2) is 0 Å². The van der Waals surface area contributed by atoms with Crippen LogP contribution in [0.5, 0.6) is 0 Å². The summed E-state index contributed by atoms with van der Waals surface area (Å²) in [7, 11) is 0. The van der Waals surface area contributed by atoms with E-state index < -0.39 is 4.92 Å². The topological polar surface area (TPSA) is 76.6 Å². The van der Waals surface area contributed by atoms with Crippen LogP contribution in [-0.4, -0.2) is 26.6 Å². The van der Waals surface area contributed by atoms with Gasteiger partial charge in [0.25, 0.3) is 11.6 Å². The molecule has 1 fully saturated rings. The van der Waals surface area contributed by atoms with Crippen molar-refractivity contribution < 1.29 is 14.1 Å². The van der Waals surface area contributed by atoms with E-state index >= 15 is 0 Å². The van der Waals surface area contributed by atoms with E-state index in [1.165, 1.54) is 34.9 Å². The van der Waals surface area contributed by atoms with E-state index in [4.69, 9.17) is 28.2 Å². The Labute approximate surface area is 157 Å². The highest BCUT2D eigenvalue weighted by atomic mass is 35.5. The van der Waals surface area contributed by atoms with Crippen LogP contribution >= 0.6 is 35.6 Å². The molecule has 0 aliphatic carbocycles. The molecule has 1 aliphatic rings. The van der Waals surface area contributed by atoms with Crippen LogP contribution in [0.4, 0.5) is 5.69 Å². The van der Waals surface area contributed by atoms with E-state index in [-0.39, 0.29) is 11.6 Å². The molecule has 0 unspecified atom stereocenters. The molecule has 1 aromatic carbocycles. The molecule has 1 aliphatic heterocycles. The number of nitrogens with zero attached hydrogens (tertiary/aromatic N) is 2. The Morgan fingerprint density at radius 1 is 1.40 bits per heavy atom. The molecule has 2 aromatic rings. The van der Waals surface area contributed by atoms with Gasteiger partial charge in [-0.15, -0.1) is 0 Å². The second-order valence-corrected chi connectivity index (χ2v) is 7.13. The SMILES string of the molecule is CCN1C(=O)C(=Cc2ccc(-c3cc([N+](=O)[O-])ccc3Cl)o2)SC1=S. The van der Waals surface area contributed by atoms with E-state index in [2.05, 4.69) is 0 Å². The first kappa shape index (κ1) is 17.7. The maximum atomic E-state index is 12.2. The van der Waals surface area contributed by atoms with Crippen molar-refractivity contribution in [2.45, 2.75) is 6.92 Å². The molecular formula is C16H11ClN2O4S2. The number of likely N-dealkylation sites (N-methyl/N-ethyl adjacent to an activating group) is 1.